The fourth-order valence-electron chi connectivity index (χ4n) is 1.94. The summed E-state index contributed by atoms with van der Waals surface area (Å²) in [6, 6.07) is 4.00. The van der Waals surface area contributed by atoms with E-state index < -0.39 is 0 Å². The SMILES string of the molecule is O=C1N=C(N2CCCC2)S/C1=C/c1cccs1. The standard InChI is InChI=1S/C12H12N2OS2/c15-11-10(8-9-4-3-7-16-9)17-12(13-11)14-5-1-2-6-14/h3-4,7-8H,1-2,5-6H2/b10-8+. The second-order valence-corrected chi connectivity index (χ2v) is 6.01. The summed E-state index contributed by atoms with van der Waals surface area (Å²) in [5, 5.41) is 2.90. The number of aliphatic imine (C=N–C) groups is 1. The van der Waals surface area contributed by atoms with Crippen molar-refractivity contribution in [1.82, 2.24) is 4.90 Å². The van der Waals surface area contributed by atoms with Gasteiger partial charge in [-0.05, 0) is 42.1 Å². The van der Waals surface area contributed by atoms with Crippen molar-refractivity contribution in [2.24, 2.45) is 4.99 Å². The Hall–Kier alpha value is -1.07. The van der Waals surface area contributed by atoms with Gasteiger partial charge in [0.1, 0.15) is 0 Å². The van der Waals surface area contributed by atoms with Gasteiger partial charge in [-0.15, -0.1) is 11.3 Å². The normalized spacial score (nSPS) is 22.6. The van der Waals surface area contributed by atoms with Crippen molar-refractivity contribution in [2.45, 2.75) is 12.8 Å². The number of carbonyl (C=O) groups excluding carboxylic acids is 1. The highest BCUT2D eigenvalue weighted by molar-refractivity contribution is 8.18. The van der Waals surface area contributed by atoms with Gasteiger partial charge < -0.3 is 4.90 Å². The molecule has 0 aliphatic carbocycles. The van der Waals surface area contributed by atoms with Crippen LogP contribution in [0.1, 0.15) is 17.7 Å². The third-order valence-electron chi connectivity index (χ3n) is 2.80. The first-order valence-corrected chi connectivity index (χ1v) is 7.33. The lowest BCUT2D eigenvalue weighted by Crippen LogP contribution is -2.23. The van der Waals surface area contributed by atoms with Crippen molar-refractivity contribution in [3.8, 4) is 0 Å². The molecule has 0 N–H and O–H groups in total. The number of amidine groups is 1. The van der Waals surface area contributed by atoms with Crippen LogP contribution in [0.15, 0.2) is 27.4 Å². The molecule has 3 heterocycles. The van der Waals surface area contributed by atoms with Crippen LogP contribution < -0.4 is 0 Å². The summed E-state index contributed by atoms with van der Waals surface area (Å²) in [4.78, 5) is 20.0. The molecular formula is C12H12N2OS2. The maximum absolute atomic E-state index is 11.8. The van der Waals surface area contributed by atoms with Gasteiger partial charge in [0.15, 0.2) is 5.17 Å². The number of hydrogen-bond acceptors (Lipinski definition) is 4. The van der Waals surface area contributed by atoms with E-state index in [-0.39, 0.29) is 5.91 Å². The van der Waals surface area contributed by atoms with E-state index in [0.717, 1.165) is 28.0 Å². The molecule has 2 aliphatic rings. The Labute approximate surface area is 108 Å². The molecule has 1 fully saturated rings. The number of thioether (sulfide) groups is 1. The van der Waals surface area contributed by atoms with Crippen LogP contribution in [0.5, 0.6) is 0 Å². The van der Waals surface area contributed by atoms with Crippen molar-refractivity contribution in [1.29, 1.82) is 0 Å². The Balaban J connectivity index is 1.77. The summed E-state index contributed by atoms with van der Waals surface area (Å²) in [6.45, 7) is 2.07. The molecule has 17 heavy (non-hydrogen) atoms. The number of carbonyl (C=O) groups is 1. The molecule has 0 bridgehead atoms. The maximum Gasteiger partial charge on any atom is 0.286 e. The molecule has 0 unspecified atom stereocenters. The van der Waals surface area contributed by atoms with Crippen molar-refractivity contribution in [3.05, 3.63) is 27.3 Å². The summed E-state index contributed by atoms with van der Waals surface area (Å²) < 4.78 is 0. The summed E-state index contributed by atoms with van der Waals surface area (Å²) in [6.07, 6.45) is 4.35. The predicted molar refractivity (Wildman–Crippen MR) is 73.1 cm³/mol. The van der Waals surface area contributed by atoms with Gasteiger partial charge in [0.05, 0.1) is 4.91 Å². The zero-order chi connectivity index (χ0) is 11.7. The summed E-state index contributed by atoms with van der Waals surface area (Å²) >= 11 is 3.15. The molecule has 5 heteroatoms. The third-order valence-corrected chi connectivity index (χ3v) is 4.67. The Morgan fingerprint density at radius 2 is 2.18 bits per heavy atom. The van der Waals surface area contributed by atoms with Crippen LogP contribution in [0.25, 0.3) is 6.08 Å². The van der Waals surface area contributed by atoms with Gasteiger partial charge >= 0.3 is 0 Å². The van der Waals surface area contributed by atoms with Crippen molar-refractivity contribution >= 4 is 40.2 Å². The van der Waals surface area contributed by atoms with Crippen LogP contribution >= 0.6 is 23.1 Å². The Morgan fingerprint density at radius 3 is 2.88 bits per heavy atom. The summed E-state index contributed by atoms with van der Waals surface area (Å²) in [5.74, 6) is -0.0923. The van der Waals surface area contributed by atoms with Crippen LogP contribution in [0, 0.1) is 0 Å². The fraction of sp³-hybridized carbons (Fsp3) is 0.333. The van der Waals surface area contributed by atoms with E-state index in [1.807, 2.05) is 23.6 Å². The lowest BCUT2D eigenvalue weighted by atomic mass is 10.4. The number of rotatable bonds is 1. The zero-order valence-electron chi connectivity index (χ0n) is 9.26. The van der Waals surface area contributed by atoms with Crippen molar-refractivity contribution in [2.75, 3.05) is 13.1 Å². The van der Waals surface area contributed by atoms with Gasteiger partial charge in [-0.2, -0.15) is 4.99 Å². The topological polar surface area (TPSA) is 32.7 Å². The lowest BCUT2D eigenvalue weighted by molar-refractivity contribution is -0.113. The smallest absolute Gasteiger partial charge is 0.286 e. The average Bonchev–Trinajstić information content (AvgIpc) is 3.02. The van der Waals surface area contributed by atoms with E-state index in [2.05, 4.69) is 9.89 Å². The van der Waals surface area contributed by atoms with E-state index in [0.29, 0.717) is 0 Å². The predicted octanol–water partition coefficient (Wildman–Crippen LogP) is 2.81. The molecule has 1 saturated heterocycles. The number of likely N-dealkylation sites (tertiary alicyclic amines) is 1. The molecule has 0 atom stereocenters. The summed E-state index contributed by atoms with van der Waals surface area (Å²) in [7, 11) is 0. The Morgan fingerprint density at radius 1 is 1.35 bits per heavy atom. The van der Waals surface area contributed by atoms with Crippen LogP contribution in [-0.4, -0.2) is 29.1 Å². The highest BCUT2D eigenvalue weighted by Crippen LogP contribution is 2.32. The van der Waals surface area contributed by atoms with E-state index in [1.165, 1.54) is 24.6 Å². The highest BCUT2D eigenvalue weighted by Gasteiger charge is 2.27. The highest BCUT2D eigenvalue weighted by atomic mass is 32.2. The Bertz CT molecular complexity index is 485. The minimum absolute atomic E-state index is 0.0923. The molecule has 0 radical (unpaired) electrons. The second-order valence-electron chi connectivity index (χ2n) is 4.02. The molecule has 88 valence electrons. The second kappa shape index (κ2) is 4.66. The van der Waals surface area contributed by atoms with Crippen LogP contribution in [-0.2, 0) is 4.79 Å². The van der Waals surface area contributed by atoms with E-state index in [4.69, 9.17) is 0 Å². The Kier molecular flexibility index (Phi) is 3.03. The minimum Gasteiger partial charge on any atom is -0.351 e. The monoisotopic (exact) mass is 264 g/mol. The molecule has 3 rings (SSSR count). The van der Waals surface area contributed by atoms with E-state index >= 15 is 0 Å². The van der Waals surface area contributed by atoms with Crippen LogP contribution in [0.3, 0.4) is 0 Å². The molecule has 0 aromatic carbocycles. The molecule has 1 aromatic heterocycles. The van der Waals surface area contributed by atoms with E-state index in [9.17, 15) is 4.79 Å². The first-order valence-electron chi connectivity index (χ1n) is 5.64. The minimum atomic E-state index is -0.0923. The van der Waals surface area contributed by atoms with Crippen molar-refractivity contribution < 1.29 is 4.79 Å². The quantitative estimate of drug-likeness (QED) is 0.731. The molecule has 2 aliphatic heterocycles. The molecule has 0 saturated carbocycles. The third kappa shape index (κ3) is 2.30. The van der Waals surface area contributed by atoms with Crippen LogP contribution in [0.2, 0.25) is 0 Å². The average molecular weight is 264 g/mol. The molecule has 0 spiro atoms. The molecular weight excluding hydrogens is 252 g/mol. The van der Waals surface area contributed by atoms with Crippen molar-refractivity contribution in [3.63, 3.8) is 0 Å². The first-order chi connectivity index (χ1) is 8.33. The molecule has 1 aromatic rings. The van der Waals surface area contributed by atoms with Gasteiger partial charge in [-0.25, -0.2) is 0 Å². The number of hydrogen-bond donors (Lipinski definition) is 0. The molecule has 1 amide bonds. The first kappa shape index (κ1) is 11.0. The van der Waals surface area contributed by atoms with E-state index in [1.54, 1.807) is 11.3 Å². The van der Waals surface area contributed by atoms with Gasteiger partial charge in [0.2, 0.25) is 0 Å². The lowest BCUT2D eigenvalue weighted by Gasteiger charge is -2.14. The number of thiophene rings is 1. The van der Waals surface area contributed by atoms with Gasteiger partial charge in [0.25, 0.3) is 5.91 Å². The molecule has 3 nitrogen and oxygen atoms in total. The largest absolute Gasteiger partial charge is 0.351 e. The van der Waals surface area contributed by atoms with Gasteiger partial charge in [-0.3, -0.25) is 4.79 Å². The summed E-state index contributed by atoms with van der Waals surface area (Å²) in [5.41, 5.74) is 0. The number of nitrogens with zero attached hydrogens (tertiary/aromatic N) is 2. The number of amides is 1. The maximum atomic E-state index is 11.8. The van der Waals surface area contributed by atoms with Gasteiger partial charge in [0, 0.05) is 18.0 Å². The zero-order valence-corrected chi connectivity index (χ0v) is 10.9. The van der Waals surface area contributed by atoms with Crippen LogP contribution in [0.4, 0.5) is 0 Å². The fourth-order valence-corrected chi connectivity index (χ4v) is 3.63. The van der Waals surface area contributed by atoms with Gasteiger partial charge in [-0.1, -0.05) is 6.07 Å².